The van der Waals surface area contributed by atoms with Crippen molar-refractivity contribution < 1.29 is 68.6 Å². The van der Waals surface area contributed by atoms with E-state index in [1.54, 1.807) is 29.2 Å². The van der Waals surface area contributed by atoms with Crippen molar-refractivity contribution in [2.75, 3.05) is 34.5 Å². The molecule has 0 saturated carbocycles. The summed E-state index contributed by atoms with van der Waals surface area (Å²) in [6.07, 6.45) is -3.07. The van der Waals surface area contributed by atoms with E-state index in [-0.39, 0.29) is 41.5 Å². The minimum absolute atomic E-state index is 0.0667. The van der Waals surface area contributed by atoms with Crippen molar-refractivity contribution in [2.45, 2.75) is 55.9 Å². The average Bonchev–Trinajstić information content (AvgIpc) is 3.13. The van der Waals surface area contributed by atoms with Gasteiger partial charge >= 0.3 is 5.97 Å². The number of carbonyl (C=O) groups excluding carboxylic acids is 2. The maximum absolute atomic E-state index is 13.9. The maximum atomic E-state index is 13.9. The second-order valence-corrected chi connectivity index (χ2v) is 12.3. The van der Waals surface area contributed by atoms with Crippen LogP contribution in [0.4, 0.5) is 0 Å². The van der Waals surface area contributed by atoms with E-state index in [1.165, 1.54) is 45.6 Å². The Morgan fingerprint density at radius 2 is 1.71 bits per heavy atom. The zero-order valence-corrected chi connectivity index (χ0v) is 28.3. The van der Waals surface area contributed by atoms with E-state index < -0.39 is 73.4 Å². The lowest BCUT2D eigenvalue weighted by molar-refractivity contribution is -0.339. The third kappa shape index (κ3) is 7.68. The number of phenols is 2. The Bertz CT molecular complexity index is 1660. The summed E-state index contributed by atoms with van der Waals surface area (Å²) in [6.45, 7) is 3.52. The van der Waals surface area contributed by atoms with Gasteiger partial charge in [0.05, 0.1) is 45.8 Å². The van der Waals surface area contributed by atoms with Gasteiger partial charge in [0.25, 0.3) is 0 Å². The Kier molecular flexibility index (Phi) is 11.9. The minimum Gasteiger partial charge on any atom is -0.504 e. The largest absolute Gasteiger partial charge is 0.504 e. The third-order valence-corrected chi connectivity index (χ3v) is 9.50. The fourth-order valence-corrected chi connectivity index (χ4v) is 6.74. The molecule has 5 rings (SSSR count). The van der Waals surface area contributed by atoms with Crippen LogP contribution in [0.2, 0.25) is 0 Å². The normalized spacial score (nSPS) is 29.0. The van der Waals surface area contributed by atoms with Crippen LogP contribution in [0.5, 0.6) is 23.0 Å². The van der Waals surface area contributed by atoms with Crippen LogP contribution in [0.3, 0.4) is 0 Å². The molecule has 0 aliphatic carbocycles. The van der Waals surface area contributed by atoms with Crippen LogP contribution in [0.1, 0.15) is 29.2 Å². The number of ether oxygens (including phenoxy) is 6. The zero-order valence-electron chi connectivity index (χ0n) is 28.3. The van der Waals surface area contributed by atoms with Gasteiger partial charge in [0.2, 0.25) is 12.2 Å². The fourth-order valence-electron chi connectivity index (χ4n) is 6.74. The van der Waals surface area contributed by atoms with E-state index in [0.29, 0.717) is 17.5 Å². The van der Waals surface area contributed by atoms with E-state index in [4.69, 9.17) is 28.4 Å². The van der Waals surface area contributed by atoms with Crippen LogP contribution in [-0.4, -0.2) is 119 Å². The van der Waals surface area contributed by atoms with Gasteiger partial charge in [-0.2, -0.15) is 0 Å². The third-order valence-electron chi connectivity index (χ3n) is 9.50. The van der Waals surface area contributed by atoms with Crippen molar-refractivity contribution in [3.05, 3.63) is 77.6 Å². The highest BCUT2D eigenvalue weighted by Crippen LogP contribution is 2.45. The summed E-state index contributed by atoms with van der Waals surface area (Å²) < 4.78 is 32.8. The molecule has 276 valence electrons. The first kappa shape index (κ1) is 37.6. The summed E-state index contributed by atoms with van der Waals surface area (Å²) in [7, 11) is 4.06. The molecule has 3 heterocycles. The number of hydrogen-bond donors (Lipinski definition) is 6. The minimum atomic E-state index is -1.73. The Morgan fingerprint density at radius 1 is 0.980 bits per heavy atom. The van der Waals surface area contributed by atoms with Crippen molar-refractivity contribution >= 4 is 18.0 Å². The first-order valence-corrected chi connectivity index (χ1v) is 16.2. The number of rotatable bonds is 11. The number of nitrogens with zero attached hydrogens (tertiary/aromatic N) is 1. The predicted octanol–water partition coefficient (Wildman–Crippen LogP) is 1.29. The number of aliphatic hydroxyl groups is 4. The summed E-state index contributed by atoms with van der Waals surface area (Å²) >= 11 is 0. The number of benzene rings is 2. The Balaban J connectivity index is 1.51. The van der Waals surface area contributed by atoms with Gasteiger partial charge in [-0.3, -0.25) is 4.79 Å². The van der Waals surface area contributed by atoms with Gasteiger partial charge in [-0.1, -0.05) is 12.1 Å². The number of esters is 1. The van der Waals surface area contributed by atoms with Crippen LogP contribution >= 0.6 is 0 Å². The average molecular weight is 714 g/mol. The lowest BCUT2D eigenvalue weighted by Gasteiger charge is -2.44. The number of amides is 1. The summed E-state index contributed by atoms with van der Waals surface area (Å²) in [5.41, 5.74) is 2.05. The van der Waals surface area contributed by atoms with Gasteiger partial charge < -0.3 is 64.0 Å². The molecule has 3 aliphatic rings. The molecule has 1 fully saturated rings. The molecule has 15 nitrogen and oxygen atoms in total. The van der Waals surface area contributed by atoms with Crippen molar-refractivity contribution in [1.29, 1.82) is 0 Å². The van der Waals surface area contributed by atoms with Crippen molar-refractivity contribution in [1.82, 2.24) is 4.90 Å². The van der Waals surface area contributed by atoms with Gasteiger partial charge in [0.15, 0.2) is 29.3 Å². The molecule has 0 unspecified atom stereocenters. The van der Waals surface area contributed by atoms with Crippen molar-refractivity contribution in [3.63, 3.8) is 0 Å². The molecular formula is C36H43NO14. The highest BCUT2D eigenvalue weighted by molar-refractivity contribution is 5.92. The molecule has 2 aromatic rings. The van der Waals surface area contributed by atoms with Crippen molar-refractivity contribution in [2.24, 2.45) is 11.8 Å². The summed E-state index contributed by atoms with van der Waals surface area (Å²) in [5, 5.41) is 61.9. The van der Waals surface area contributed by atoms with Gasteiger partial charge in [-0.05, 0) is 59.9 Å². The predicted molar refractivity (Wildman–Crippen MR) is 178 cm³/mol. The van der Waals surface area contributed by atoms with E-state index in [9.17, 15) is 40.2 Å². The van der Waals surface area contributed by atoms with Crippen LogP contribution in [0.15, 0.2) is 60.9 Å². The van der Waals surface area contributed by atoms with Crippen LogP contribution in [0.25, 0.3) is 6.08 Å². The maximum Gasteiger partial charge on any atom is 0.337 e. The quantitative estimate of drug-likeness (QED) is 0.110. The molecule has 2 aromatic carbocycles. The second-order valence-electron chi connectivity index (χ2n) is 12.3. The van der Waals surface area contributed by atoms with Crippen LogP contribution in [0, 0.1) is 11.8 Å². The van der Waals surface area contributed by atoms with Crippen molar-refractivity contribution in [3.8, 4) is 23.0 Å². The molecule has 0 aromatic heterocycles. The highest BCUT2D eigenvalue weighted by Gasteiger charge is 2.48. The zero-order chi connectivity index (χ0) is 37.0. The molecule has 51 heavy (non-hydrogen) atoms. The summed E-state index contributed by atoms with van der Waals surface area (Å²) in [4.78, 5) is 28.7. The first-order valence-electron chi connectivity index (χ1n) is 16.2. The molecule has 0 spiro atoms. The fraction of sp³-hybridized carbons (Fsp3) is 0.444. The number of fused-ring (bicyclic) bond motifs is 1. The molecule has 0 radical (unpaired) electrons. The SMILES string of the molecule is C=C[C@H]1[C@H](O[C@@H]2O[C@H](CO)[C@@H](O)[C@H](O)[C@H]2O)OC=C(C(=O)OC)[C@H]1C[C@@H]1c2cc(O)c(OC)cc2CCN1C(=O)/C=C\c1ccc(OC)c(O)c1. The van der Waals surface area contributed by atoms with E-state index in [2.05, 4.69) is 6.58 Å². The molecule has 15 heteroatoms. The molecule has 0 bridgehead atoms. The molecule has 9 atom stereocenters. The lowest BCUT2D eigenvalue weighted by atomic mass is 9.76. The molecule has 6 N–H and O–H groups in total. The topological polar surface area (TPSA) is 214 Å². The lowest BCUT2D eigenvalue weighted by Crippen LogP contribution is -2.60. The summed E-state index contributed by atoms with van der Waals surface area (Å²) in [6, 6.07) is 7.19. The number of aromatic hydroxyl groups is 2. The van der Waals surface area contributed by atoms with Gasteiger partial charge in [-0.15, -0.1) is 6.58 Å². The molecule has 3 aliphatic heterocycles. The van der Waals surface area contributed by atoms with Crippen LogP contribution < -0.4 is 9.47 Å². The highest BCUT2D eigenvalue weighted by atomic mass is 16.8. The van der Waals surface area contributed by atoms with E-state index in [1.807, 2.05) is 0 Å². The number of hydrogen-bond acceptors (Lipinski definition) is 14. The Hall–Kier alpha value is -4.64. The number of carbonyl (C=O) groups is 2. The smallest absolute Gasteiger partial charge is 0.337 e. The van der Waals surface area contributed by atoms with Gasteiger partial charge in [0, 0.05) is 24.5 Å². The molecule has 1 saturated heterocycles. The molecular weight excluding hydrogens is 670 g/mol. The van der Waals surface area contributed by atoms with Gasteiger partial charge in [-0.25, -0.2) is 4.79 Å². The summed E-state index contributed by atoms with van der Waals surface area (Å²) in [5.74, 6) is -2.47. The second kappa shape index (κ2) is 16.1. The monoisotopic (exact) mass is 713 g/mol. The Labute approximate surface area is 294 Å². The number of aliphatic hydroxyl groups excluding tert-OH is 4. The number of methoxy groups -OCH3 is 3. The molecule has 1 amide bonds. The first-order chi connectivity index (χ1) is 24.4. The van der Waals surface area contributed by atoms with E-state index >= 15 is 0 Å². The van der Waals surface area contributed by atoms with Gasteiger partial charge in [0.1, 0.15) is 24.4 Å². The van der Waals surface area contributed by atoms with Crippen LogP contribution in [-0.2, 0) is 35.0 Å². The van der Waals surface area contributed by atoms with E-state index in [0.717, 1.165) is 11.8 Å². The standard InChI is InChI=1S/C36H43NO14/c1-5-20-22(23(34(45)48-4)17-49-35(20)51-36-33(44)32(43)31(42)29(16-38)50-36)14-24-21-15-26(40)28(47-3)13-19(21)10-11-37(24)30(41)9-7-18-6-8-27(46-2)25(39)12-18/h5-9,12-13,15,17,20,22,24,29,31-33,35-36,38-40,42-44H,1,10-11,14,16H2,2-4H3/b9-7-/t20-,22+,24-,29-,31-,32+,33-,35+,36+/m1/s1. The Morgan fingerprint density at radius 3 is 2.35 bits per heavy atom. The number of phenolic OH excluding ortho intramolecular Hbond substituents is 2.